The summed E-state index contributed by atoms with van der Waals surface area (Å²) in [5, 5.41) is 3.09. The second-order valence-corrected chi connectivity index (χ2v) is 11.3. The number of aromatic amines is 1. The van der Waals surface area contributed by atoms with Crippen LogP contribution in [0.1, 0.15) is 60.1 Å². The van der Waals surface area contributed by atoms with E-state index in [0.29, 0.717) is 19.0 Å². The van der Waals surface area contributed by atoms with Gasteiger partial charge in [0, 0.05) is 31.9 Å². The predicted octanol–water partition coefficient (Wildman–Crippen LogP) is 4.61. The number of benzene rings is 1. The highest BCUT2D eigenvalue weighted by Crippen LogP contribution is 2.56. The Morgan fingerprint density at radius 3 is 2.34 bits per heavy atom. The number of carbonyl (C=O) groups is 1. The second kappa shape index (κ2) is 9.38. The van der Waals surface area contributed by atoms with Crippen molar-refractivity contribution in [2.24, 2.45) is 29.6 Å². The molecular weight excluding hydrogens is 441 g/mol. The zero-order valence-electron chi connectivity index (χ0n) is 20.1. The number of aromatic nitrogens is 1. The largest absolute Gasteiger partial charge is 0.352 e. The molecule has 0 saturated heterocycles. The van der Waals surface area contributed by atoms with Gasteiger partial charge in [-0.15, -0.1) is 0 Å². The number of nitrogens with one attached hydrogen (secondary N) is 2. The molecular formula is C29H34FN3O2. The standard InChI is InChI=1S/C29H34FN3O2/c30-24-3-1-20(2-4-24)21-7-9-33(10-8-21)17-25-5-6-26(29(35)32-25)28(34)31-16-27-22-12-18-11-19(14-22)15-23(27)13-18/h1-7,18-19,22-23,27H,8-17H2,(H,31,34)(H,32,35). The van der Waals surface area contributed by atoms with Crippen molar-refractivity contribution >= 4 is 11.5 Å². The molecule has 0 atom stereocenters. The van der Waals surface area contributed by atoms with Gasteiger partial charge in [0.15, 0.2) is 0 Å². The molecule has 2 heterocycles. The Balaban J connectivity index is 1.04. The molecule has 4 saturated carbocycles. The van der Waals surface area contributed by atoms with Crippen LogP contribution in [0.5, 0.6) is 0 Å². The number of halogens is 1. The van der Waals surface area contributed by atoms with Gasteiger partial charge in [-0.05, 0) is 104 Å². The first-order valence-electron chi connectivity index (χ1n) is 13.2. The van der Waals surface area contributed by atoms with Gasteiger partial charge in [0.2, 0.25) is 0 Å². The molecule has 1 amide bonds. The van der Waals surface area contributed by atoms with Crippen molar-refractivity contribution in [1.82, 2.24) is 15.2 Å². The van der Waals surface area contributed by atoms with E-state index in [1.54, 1.807) is 6.07 Å². The summed E-state index contributed by atoms with van der Waals surface area (Å²) in [6, 6.07) is 10.2. The molecule has 6 heteroatoms. The molecule has 2 N–H and O–H groups in total. The highest BCUT2D eigenvalue weighted by Gasteiger charge is 2.47. The zero-order chi connectivity index (χ0) is 23.9. The Morgan fingerprint density at radius 1 is 1.00 bits per heavy atom. The lowest BCUT2D eigenvalue weighted by molar-refractivity contribution is -0.0347. The van der Waals surface area contributed by atoms with Crippen LogP contribution < -0.4 is 10.9 Å². The van der Waals surface area contributed by atoms with Gasteiger partial charge in [0.05, 0.1) is 0 Å². The van der Waals surface area contributed by atoms with Crippen LogP contribution in [0.4, 0.5) is 4.39 Å². The summed E-state index contributed by atoms with van der Waals surface area (Å²) in [6.07, 6.45) is 9.80. The van der Waals surface area contributed by atoms with E-state index in [9.17, 15) is 14.0 Å². The van der Waals surface area contributed by atoms with Crippen LogP contribution in [0.3, 0.4) is 0 Å². The fraction of sp³-hybridized carbons (Fsp3) is 0.517. The van der Waals surface area contributed by atoms with Crippen molar-refractivity contribution < 1.29 is 9.18 Å². The van der Waals surface area contributed by atoms with Gasteiger partial charge in [-0.25, -0.2) is 4.39 Å². The van der Waals surface area contributed by atoms with Crippen molar-refractivity contribution in [3.05, 3.63) is 75.5 Å². The fourth-order valence-electron chi connectivity index (χ4n) is 7.48. The summed E-state index contributed by atoms with van der Waals surface area (Å²) in [6.45, 7) is 2.95. The molecule has 1 aromatic carbocycles. The summed E-state index contributed by atoms with van der Waals surface area (Å²) in [5.74, 6) is 3.47. The lowest BCUT2D eigenvalue weighted by Crippen LogP contribution is -2.49. The van der Waals surface area contributed by atoms with Crippen LogP contribution in [-0.2, 0) is 6.54 Å². The van der Waals surface area contributed by atoms with E-state index in [2.05, 4.69) is 21.3 Å². The van der Waals surface area contributed by atoms with E-state index in [4.69, 9.17) is 0 Å². The van der Waals surface area contributed by atoms with Gasteiger partial charge in [-0.1, -0.05) is 18.2 Å². The van der Waals surface area contributed by atoms with Gasteiger partial charge < -0.3 is 10.3 Å². The number of carbonyl (C=O) groups excluding carboxylic acids is 1. The molecule has 0 radical (unpaired) electrons. The number of hydrogen-bond donors (Lipinski definition) is 2. The summed E-state index contributed by atoms with van der Waals surface area (Å²) >= 11 is 0. The van der Waals surface area contributed by atoms with Crippen molar-refractivity contribution in [3.63, 3.8) is 0 Å². The van der Waals surface area contributed by atoms with Crippen LogP contribution in [0, 0.1) is 35.4 Å². The number of rotatable bonds is 6. The fourth-order valence-corrected chi connectivity index (χ4v) is 7.48. The van der Waals surface area contributed by atoms with Crippen molar-refractivity contribution in [2.45, 2.75) is 45.1 Å². The Bertz CT molecular complexity index is 1160. The lowest BCUT2D eigenvalue weighted by atomic mass is 9.52. The Labute approximate surface area is 205 Å². The van der Waals surface area contributed by atoms with E-state index >= 15 is 0 Å². The van der Waals surface area contributed by atoms with Gasteiger partial charge in [0.25, 0.3) is 11.5 Å². The highest BCUT2D eigenvalue weighted by atomic mass is 19.1. The van der Waals surface area contributed by atoms with E-state index in [0.717, 1.165) is 54.4 Å². The average Bonchev–Trinajstić information content (AvgIpc) is 2.84. The molecule has 184 valence electrons. The van der Waals surface area contributed by atoms with E-state index in [-0.39, 0.29) is 22.8 Å². The molecule has 0 unspecified atom stereocenters. The van der Waals surface area contributed by atoms with Crippen LogP contribution in [0.25, 0.3) is 5.57 Å². The van der Waals surface area contributed by atoms with Gasteiger partial charge in [-0.2, -0.15) is 0 Å². The molecule has 4 aliphatic carbocycles. The SMILES string of the molecule is O=C(NCC1C2CC3CC(C2)CC1C3)c1ccc(CN2CC=C(c3ccc(F)cc3)CC2)[nH]c1=O. The molecule has 5 nitrogen and oxygen atoms in total. The Morgan fingerprint density at radius 2 is 1.71 bits per heavy atom. The van der Waals surface area contributed by atoms with Crippen LogP contribution in [-0.4, -0.2) is 35.4 Å². The maximum Gasteiger partial charge on any atom is 0.261 e. The third-order valence-electron chi connectivity index (χ3n) is 9.04. The number of nitrogens with zero attached hydrogens (tertiary/aromatic N) is 1. The van der Waals surface area contributed by atoms with Crippen LogP contribution in [0.2, 0.25) is 0 Å². The van der Waals surface area contributed by atoms with Crippen molar-refractivity contribution in [3.8, 4) is 0 Å². The Hall–Kier alpha value is -2.73. The molecule has 7 rings (SSSR count). The van der Waals surface area contributed by atoms with Crippen molar-refractivity contribution in [1.29, 1.82) is 0 Å². The summed E-state index contributed by atoms with van der Waals surface area (Å²) in [5.41, 5.74) is 2.98. The second-order valence-electron chi connectivity index (χ2n) is 11.3. The maximum atomic E-state index is 13.2. The molecule has 4 fully saturated rings. The Kier molecular flexibility index (Phi) is 6.09. The molecule has 1 aromatic heterocycles. The summed E-state index contributed by atoms with van der Waals surface area (Å²) in [4.78, 5) is 30.7. The molecule has 4 bridgehead atoms. The van der Waals surface area contributed by atoms with E-state index in [1.807, 2.05) is 18.2 Å². The summed E-state index contributed by atoms with van der Waals surface area (Å²) < 4.78 is 13.2. The topological polar surface area (TPSA) is 65.2 Å². The third kappa shape index (κ3) is 4.73. The zero-order valence-corrected chi connectivity index (χ0v) is 20.1. The first-order valence-corrected chi connectivity index (χ1v) is 13.2. The van der Waals surface area contributed by atoms with Gasteiger partial charge in [0.1, 0.15) is 11.4 Å². The van der Waals surface area contributed by atoms with E-state index in [1.165, 1.54) is 49.8 Å². The van der Waals surface area contributed by atoms with Gasteiger partial charge in [-0.3, -0.25) is 14.5 Å². The number of H-pyrrole nitrogens is 1. The molecule has 5 aliphatic rings. The minimum absolute atomic E-state index is 0.203. The molecule has 1 aliphatic heterocycles. The van der Waals surface area contributed by atoms with Gasteiger partial charge >= 0.3 is 0 Å². The maximum absolute atomic E-state index is 13.2. The van der Waals surface area contributed by atoms with E-state index < -0.39 is 0 Å². The smallest absolute Gasteiger partial charge is 0.261 e. The molecule has 0 spiro atoms. The third-order valence-corrected chi connectivity index (χ3v) is 9.04. The average molecular weight is 476 g/mol. The minimum atomic E-state index is -0.315. The normalized spacial score (nSPS) is 29.7. The number of amides is 1. The number of pyridine rings is 1. The quantitative estimate of drug-likeness (QED) is 0.642. The predicted molar refractivity (Wildman–Crippen MR) is 134 cm³/mol. The van der Waals surface area contributed by atoms with Crippen molar-refractivity contribution in [2.75, 3.05) is 19.6 Å². The summed E-state index contributed by atoms with van der Waals surface area (Å²) in [7, 11) is 0. The first kappa shape index (κ1) is 22.7. The van der Waals surface area contributed by atoms with Crippen LogP contribution >= 0.6 is 0 Å². The lowest BCUT2D eigenvalue weighted by Gasteiger charge is -2.54. The molecule has 35 heavy (non-hydrogen) atoms. The monoisotopic (exact) mass is 475 g/mol. The number of hydrogen-bond acceptors (Lipinski definition) is 3. The minimum Gasteiger partial charge on any atom is -0.352 e. The molecule has 2 aromatic rings. The first-order chi connectivity index (χ1) is 17.0. The highest BCUT2D eigenvalue weighted by molar-refractivity contribution is 5.93. The van der Waals surface area contributed by atoms with Crippen LogP contribution in [0.15, 0.2) is 47.3 Å².